The highest BCUT2D eigenvalue weighted by Crippen LogP contribution is 2.43. The maximum absolute atomic E-state index is 7.08. The predicted molar refractivity (Wildman–Crippen MR) is 239 cm³/mol. The Kier molecular flexibility index (Phi) is 8.55. The van der Waals surface area contributed by atoms with Crippen molar-refractivity contribution >= 4 is 63.3 Å². The van der Waals surface area contributed by atoms with Crippen LogP contribution >= 0.6 is 0 Å². The summed E-state index contributed by atoms with van der Waals surface area (Å²) in [7, 11) is 0. The Morgan fingerprint density at radius 2 is 0.807 bits per heavy atom. The van der Waals surface area contributed by atoms with Gasteiger partial charge in [-0.1, -0.05) is 138 Å². The van der Waals surface area contributed by atoms with Gasteiger partial charge in [-0.2, -0.15) is 0 Å². The molecule has 278 valence electrons. The molecule has 4 nitrogen and oxygen atoms in total. The van der Waals surface area contributed by atoms with Gasteiger partial charge in [-0.3, -0.25) is 0 Å². The minimum Gasteiger partial charge on any atom is -0.458 e. The predicted octanol–water partition coefficient (Wildman–Crippen LogP) is 9.88. The Labute approximate surface area is 337 Å². The summed E-state index contributed by atoms with van der Waals surface area (Å²) in [6.07, 6.45) is 0. The zero-order valence-electron chi connectivity index (χ0n) is 33.4. The van der Waals surface area contributed by atoms with Gasteiger partial charge in [0.2, 0.25) is 0 Å². The molecule has 10 rings (SSSR count). The third kappa shape index (κ3) is 5.84. The number of rotatable bonds is 7. The summed E-state index contributed by atoms with van der Waals surface area (Å²) < 4.78 is 20.8. The van der Waals surface area contributed by atoms with Gasteiger partial charge in [-0.05, 0) is 92.7 Å². The molecule has 7 aromatic rings. The fourth-order valence-electron chi connectivity index (χ4n) is 9.28. The van der Waals surface area contributed by atoms with Gasteiger partial charge >= 0.3 is 0 Å². The minimum atomic E-state index is -0.0970. The van der Waals surface area contributed by atoms with Crippen LogP contribution in [-0.4, -0.2) is 13.4 Å². The first-order chi connectivity index (χ1) is 27.7. The zero-order chi connectivity index (χ0) is 38.9. The van der Waals surface area contributed by atoms with Crippen molar-refractivity contribution in [2.45, 2.75) is 59.3 Å². The molecular weight excluding hydrogens is 696 g/mol. The summed E-state index contributed by atoms with van der Waals surface area (Å²) in [4.78, 5) is 2.26. The third-order valence-corrected chi connectivity index (χ3v) is 12.0. The van der Waals surface area contributed by atoms with Crippen molar-refractivity contribution < 1.29 is 14.2 Å². The van der Waals surface area contributed by atoms with E-state index in [-0.39, 0.29) is 13.4 Å². The van der Waals surface area contributed by atoms with E-state index in [2.05, 4.69) is 180 Å². The van der Waals surface area contributed by atoms with Crippen LogP contribution in [-0.2, 0) is 0 Å². The van der Waals surface area contributed by atoms with Crippen LogP contribution < -0.4 is 51.9 Å². The van der Waals surface area contributed by atoms with Gasteiger partial charge in [-0.15, -0.1) is 0 Å². The Balaban J connectivity index is 1.20. The first-order valence-corrected chi connectivity index (χ1v) is 20.4. The molecule has 3 aliphatic heterocycles. The fraction of sp³-hybridized carbons (Fsp3) is 0.176. The van der Waals surface area contributed by atoms with Gasteiger partial charge in [0, 0.05) is 35.0 Å². The van der Waals surface area contributed by atoms with E-state index in [9.17, 15) is 0 Å². The van der Waals surface area contributed by atoms with E-state index < -0.39 is 0 Å². The summed E-state index contributed by atoms with van der Waals surface area (Å²) in [5, 5.41) is 0. The SMILES string of the molecule is CC(C)c1cc(C(C)C)c(B2c3ccccc3Oc3cc4c(cc32)B2c3ccccc3Oc3cc(N(c5ccccc5)c5ccccc5)cc(c32)O4)c(C(C)C)c1. The molecule has 0 bridgehead atoms. The lowest BCUT2D eigenvalue weighted by molar-refractivity contribution is 0.456. The molecule has 0 amide bonds. The van der Waals surface area contributed by atoms with Crippen molar-refractivity contribution in [1.29, 1.82) is 0 Å². The number of nitrogens with zero attached hydrogens (tertiary/aromatic N) is 1. The van der Waals surface area contributed by atoms with Crippen molar-refractivity contribution in [1.82, 2.24) is 0 Å². The van der Waals surface area contributed by atoms with E-state index in [1.54, 1.807) is 0 Å². The lowest BCUT2D eigenvalue weighted by atomic mass is 9.31. The van der Waals surface area contributed by atoms with Crippen LogP contribution in [0.2, 0.25) is 0 Å². The van der Waals surface area contributed by atoms with Crippen LogP contribution in [0.4, 0.5) is 17.1 Å². The van der Waals surface area contributed by atoms with E-state index in [4.69, 9.17) is 14.2 Å². The van der Waals surface area contributed by atoms with Crippen LogP contribution in [0.5, 0.6) is 34.5 Å². The highest BCUT2D eigenvalue weighted by molar-refractivity contribution is 7.00. The van der Waals surface area contributed by atoms with Crippen LogP contribution in [0, 0.1) is 0 Å². The smallest absolute Gasteiger partial charge is 0.260 e. The fourth-order valence-corrected chi connectivity index (χ4v) is 9.28. The number of hydrogen-bond acceptors (Lipinski definition) is 4. The molecular formula is C51H45B2NO3. The average molecular weight is 742 g/mol. The number of para-hydroxylation sites is 4. The second-order valence-corrected chi connectivity index (χ2v) is 16.6. The van der Waals surface area contributed by atoms with Gasteiger partial charge in [-0.25, -0.2) is 0 Å². The number of fused-ring (bicyclic) bond motifs is 6. The highest BCUT2D eigenvalue weighted by Gasteiger charge is 2.44. The van der Waals surface area contributed by atoms with Crippen LogP contribution in [0.15, 0.2) is 146 Å². The van der Waals surface area contributed by atoms with E-state index in [0.29, 0.717) is 17.8 Å². The molecule has 0 radical (unpaired) electrons. The molecule has 0 aliphatic carbocycles. The van der Waals surface area contributed by atoms with Crippen molar-refractivity contribution in [2.75, 3.05) is 4.90 Å². The molecule has 0 unspecified atom stereocenters. The standard InChI is InChI=1S/C51H45B2NO3/c1-31(2)34-25-38(32(3)4)50(39(26-34)33(5)6)52-40-21-13-15-23-44(40)55-46-30-47-43(29-42(46)52)53-41-22-14-16-24-45(41)56-48-27-37(28-49(57-47)51(48)53)54(35-17-9-7-10-18-35)36-19-11-8-12-20-36/h7-33H,1-6H3. The lowest BCUT2D eigenvalue weighted by Gasteiger charge is -2.37. The Morgan fingerprint density at radius 3 is 1.30 bits per heavy atom. The minimum absolute atomic E-state index is 0.0186. The Morgan fingerprint density at radius 1 is 0.368 bits per heavy atom. The molecule has 57 heavy (non-hydrogen) atoms. The third-order valence-electron chi connectivity index (χ3n) is 12.0. The van der Waals surface area contributed by atoms with Crippen molar-refractivity contribution in [3.8, 4) is 34.5 Å². The first-order valence-electron chi connectivity index (χ1n) is 20.4. The molecule has 3 aliphatic rings. The molecule has 0 saturated carbocycles. The Bertz CT molecular complexity index is 2600. The largest absolute Gasteiger partial charge is 0.458 e. The quantitative estimate of drug-likeness (QED) is 0.152. The normalized spacial score (nSPS) is 13.2. The molecule has 7 aromatic carbocycles. The molecule has 0 N–H and O–H groups in total. The lowest BCUT2D eigenvalue weighted by Crippen LogP contribution is -2.61. The summed E-state index contributed by atoms with van der Waals surface area (Å²) in [5.74, 6) is 6.10. The van der Waals surface area contributed by atoms with Crippen molar-refractivity contribution in [3.05, 3.63) is 162 Å². The van der Waals surface area contributed by atoms with Gasteiger partial charge < -0.3 is 19.1 Å². The van der Waals surface area contributed by atoms with E-state index in [0.717, 1.165) is 67.9 Å². The van der Waals surface area contributed by atoms with Crippen LogP contribution in [0.1, 0.15) is 76.0 Å². The summed E-state index contributed by atoms with van der Waals surface area (Å²) >= 11 is 0. The second-order valence-electron chi connectivity index (χ2n) is 16.6. The van der Waals surface area contributed by atoms with Gasteiger partial charge in [0.05, 0.1) is 5.69 Å². The van der Waals surface area contributed by atoms with Crippen molar-refractivity contribution in [2.24, 2.45) is 0 Å². The maximum atomic E-state index is 7.08. The number of anilines is 3. The van der Waals surface area contributed by atoms with Gasteiger partial charge in [0.1, 0.15) is 34.5 Å². The van der Waals surface area contributed by atoms with Crippen molar-refractivity contribution in [3.63, 3.8) is 0 Å². The molecule has 0 fully saturated rings. The van der Waals surface area contributed by atoms with Crippen LogP contribution in [0.3, 0.4) is 0 Å². The Hall–Kier alpha value is -6.13. The van der Waals surface area contributed by atoms with E-state index in [1.165, 1.54) is 33.1 Å². The molecule has 0 spiro atoms. The summed E-state index contributed by atoms with van der Waals surface area (Å²) in [6.45, 7) is 13.8. The van der Waals surface area contributed by atoms with E-state index in [1.807, 2.05) is 12.1 Å². The monoisotopic (exact) mass is 741 g/mol. The van der Waals surface area contributed by atoms with Crippen LogP contribution in [0.25, 0.3) is 0 Å². The second kappa shape index (κ2) is 13.8. The molecule has 0 aromatic heterocycles. The van der Waals surface area contributed by atoms with Gasteiger partial charge in [0.25, 0.3) is 13.4 Å². The van der Waals surface area contributed by atoms with Gasteiger partial charge in [0.15, 0.2) is 0 Å². The number of benzene rings is 7. The molecule has 6 heteroatoms. The highest BCUT2D eigenvalue weighted by atomic mass is 16.5. The summed E-state index contributed by atoms with van der Waals surface area (Å²) in [5.41, 5.74) is 14.3. The molecule has 3 heterocycles. The summed E-state index contributed by atoms with van der Waals surface area (Å²) in [6, 6.07) is 51.8. The first kappa shape index (κ1) is 35.3. The van der Waals surface area contributed by atoms with E-state index >= 15 is 0 Å². The zero-order valence-corrected chi connectivity index (χ0v) is 33.4. The topological polar surface area (TPSA) is 30.9 Å². The molecule has 0 saturated heterocycles. The number of hydrogen-bond donors (Lipinski definition) is 0. The molecule has 0 atom stereocenters. The average Bonchev–Trinajstić information content (AvgIpc) is 3.22. The maximum Gasteiger partial charge on any atom is 0.260 e. The number of ether oxygens (including phenoxy) is 3.